The van der Waals surface area contributed by atoms with Crippen molar-refractivity contribution in [2.45, 2.75) is 31.1 Å². The van der Waals surface area contributed by atoms with Crippen molar-refractivity contribution in [2.24, 2.45) is 0 Å². The quantitative estimate of drug-likeness (QED) is 0.819. The van der Waals surface area contributed by atoms with Gasteiger partial charge in [-0.2, -0.15) is 0 Å². The van der Waals surface area contributed by atoms with E-state index >= 15 is 0 Å². The van der Waals surface area contributed by atoms with Crippen LogP contribution >= 0.6 is 11.6 Å². The minimum Gasteiger partial charge on any atom is -0.497 e. The highest BCUT2D eigenvalue weighted by atomic mass is 35.5. The monoisotopic (exact) mass is 351 g/mol. The molecule has 0 saturated carbocycles. The smallest absolute Gasteiger partial charge is 0.335 e. The van der Waals surface area contributed by atoms with E-state index in [1.807, 2.05) is 0 Å². The lowest BCUT2D eigenvalue weighted by molar-refractivity contribution is -0.164. The first-order valence-electron chi connectivity index (χ1n) is 7.74. The molecule has 1 fully saturated rings. The van der Waals surface area contributed by atoms with E-state index in [2.05, 4.69) is 5.32 Å². The number of esters is 2. The summed E-state index contributed by atoms with van der Waals surface area (Å²) in [7, 11) is 1.44. The van der Waals surface area contributed by atoms with Crippen LogP contribution in [0.3, 0.4) is 0 Å². The first-order chi connectivity index (χ1) is 11.6. The number of cyclic esters (lactones) is 1. The van der Waals surface area contributed by atoms with Crippen molar-refractivity contribution in [3.8, 4) is 0 Å². The van der Waals surface area contributed by atoms with Gasteiger partial charge >= 0.3 is 11.9 Å². The molecule has 6 nitrogen and oxygen atoms in total. The molecule has 128 valence electrons. The Morgan fingerprint density at radius 2 is 2.21 bits per heavy atom. The van der Waals surface area contributed by atoms with Gasteiger partial charge in [-0.1, -0.05) is 29.8 Å². The second-order valence-electron chi connectivity index (χ2n) is 5.64. The number of hydrogen-bond acceptors (Lipinski definition) is 6. The van der Waals surface area contributed by atoms with Crippen molar-refractivity contribution >= 4 is 23.5 Å². The zero-order chi connectivity index (χ0) is 17.1. The molecule has 2 unspecified atom stereocenters. The van der Waals surface area contributed by atoms with Gasteiger partial charge < -0.3 is 19.5 Å². The van der Waals surface area contributed by atoms with E-state index in [1.54, 1.807) is 24.3 Å². The third kappa shape index (κ3) is 3.39. The maximum atomic E-state index is 12.4. The van der Waals surface area contributed by atoms with Gasteiger partial charge in [0.15, 0.2) is 12.2 Å². The summed E-state index contributed by atoms with van der Waals surface area (Å²) in [5.41, 5.74) is 0.563. The highest BCUT2D eigenvalue weighted by Crippen LogP contribution is 2.36. The highest BCUT2D eigenvalue weighted by Gasteiger charge is 2.40. The highest BCUT2D eigenvalue weighted by molar-refractivity contribution is 6.31. The molecule has 2 aliphatic rings. The Morgan fingerprint density at radius 3 is 2.88 bits per heavy atom. The van der Waals surface area contributed by atoms with Crippen molar-refractivity contribution in [1.82, 2.24) is 5.32 Å². The van der Waals surface area contributed by atoms with Gasteiger partial charge in [0.25, 0.3) is 0 Å². The van der Waals surface area contributed by atoms with Crippen molar-refractivity contribution in [3.63, 3.8) is 0 Å². The van der Waals surface area contributed by atoms with Crippen LogP contribution in [0.2, 0.25) is 5.02 Å². The molecular formula is C17H18ClNO5. The predicted molar refractivity (Wildman–Crippen MR) is 86.3 cm³/mol. The zero-order valence-corrected chi connectivity index (χ0v) is 13.9. The topological polar surface area (TPSA) is 73.9 Å². The summed E-state index contributed by atoms with van der Waals surface area (Å²) in [6, 6.07) is 6.63. The number of benzene rings is 1. The molecule has 2 aliphatic heterocycles. The standard InChI is InChI=1S/C17H18ClNO5/c1-22-13-9-14(20)23-16(13)15(10-5-2-3-6-11(10)18)24-17(21)12-7-4-8-19-12/h2-3,5-6,9,12,15-16,19H,4,7-8H2,1H3/t12-,15?,16?/m0/s1. The maximum Gasteiger partial charge on any atom is 0.335 e. The number of carbonyl (C=O) groups excluding carboxylic acids is 2. The Hall–Kier alpha value is -2.05. The van der Waals surface area contributed by atoms with Gasteiger partial charge in [0.05, 0.1) is 13.2 Å². The Labute approximate surface area is 144 Å². The van der Waals surface area contributed by atoms with E-state index in [9.17, 15) is 9.59 Å². The average Bonchev–Trinajstić information content (AvgIpc) is 3.22. The number of carbonyl (C=O) groups is 2. The zero-order valence-electron chi connectivity index (χ0n) is 13.2. The molecule has 1 aromatic carbocycles. The van der Waals surface area contributed by atoms with Gasteiger partial charge in [-0.3, -0.25) is 4.79 Å². The van der Waals surface area contributed by atoms with Gasteiger partial charge in [-0.15, -0.1) is 0 Å². The number of hydrogen-bond donors (Lipinski definition) is 1. The number of methoxy groups -OCH3 is 1. The van der Waals surface area contributed by atoms with Gasteiger partial charge in [0.2, 0.25) is 0 Å². The molecule has 0 spiro atoms. The van der Waals surface area contributed by atoms with Crippen LogP contribution in [0.1, 0.15) is 24.5 Å². The molecule has 0 aromatic heterocycles. The van der Waals surface area contributed by atoms with Crippen LogP contribution in [-0.4, -0.2) is 37.7 Å². The summed E-state index contributed by atoms with van der Waals surface area (Å²) in [6.07, 6.45) is 1.15. The Balaban J connectivity index is 1.89. The third-order valence-electron chi connectivity index (χ3n) is 4.09. The largest absolute Gasteiger partial charge is 0.497 e. The first-order valence-corrected chi connectivity index (χ1v) is 8.12. The summed E-state index contributed by atoms with van der Waals surface area (Å²) in [5.74, 6) is -0.628. The van der Waals surface area contributed by atoms with Crippen LogP contribution in [0, 0.1) is 0 Å². The minimum absolute atomic E-state index is 0.303. The van der Waals surface area contributed by atoms with Crippen molar-refractivity contribution in [2.75, 3.05) is 13.7 Å². The molecule has 2 heterocycles. The Bertz CT molecular complexity index is 669. The molecule has 1 saturated heterocycles. The SMILES string of the molecule is COC1=CC(=O)OC1C(OC(=O)[C@@H]1CCCN1)c1ccccc1Cl. The van der Waals surface area contributed by atoms with Gasteiger partial charge in [-0.05, 0) is 25.5 Å². The van der Waals surface area contributed by atoms with Crippen molar-refractivity contribution in [1.29, 1.82) is 0 Å². The maximum absolute atomic E-state index is 12.4. The number of rotatable bonds is 5. The van der Waals surface area contributed by atoms with E-state index in [1.165, 1.54) is 13.2 Å². The van der Waals surface area contributed by atoms with E-state index in [0.717, 1.165) is 13.0 Å². The molecule has 3 atom stereocenters. The summed E-state index contributed by atoms with van der Waals surface area (Å²) in [5, 5.41) is 3.52. The summed E-state index contributed by atoms with van der Waals surface area (Å²) < 4.78 is 16.2. The van der Waals surface area contributed by atoms with Crippen LogP contribution in [0.15, 0.2) is 36.1 Å². The lowest BCUT2D eigenvalue weighted by atomic mass is 10.0. The average molecular weight is 352 g/mol. The van der Waals surface area contributed by atoms with Crippen LogP contribution in [0.25, 0.3) is 0 Å². The van der Waals surface area contributed by atoms with Gasteiger partial charge in [0, 0.05) is 10.6 Å². The minimum atomic E-state index is -0.869. The Kier molecular flexibility index (Phi) is 5.06. The molecule has 3 rings (SSSR count). The molecule has 7 heteroatoms. The van der Waals surface area contributed by atoms with Gasteiger partial charge in [-0.25, -0.2) is 4.79 Å². The van der Waals surface area contributed by atoms with Crippen molar-refractivity contribution in [3.05, 3.63) is 46.7 Å². The number of ether oxygens (including phenoxy) is 3. The summed E-state index contributed by atoms with van der Waals surface area (Å²) >= 11 is 6.26. The molecule has 1 N–H and O–H groups in total. The fourth-order valence-corrected chi connectivity index (χ4v) is 3.13. The molecule has 0 bridgehead atoms. The molecule has 24 heavy (non-hydrogen) atoms. The molecule has 0 amide bonds. The van der Waals surface area contributed by atoms with E-state index in [4.69, 9.17) is 25.8 Å². The fourth-order valence-electron chi connectivity index (χ4n) is 2.89. The summed E-state index contributed by atoms with van der Waals surface area (Å²) in [4.78, 5) is 24.1. The number of halogens is 1. The molecular weight excluding hydrogens is 334 g/mol. The predicted octanol–water partition coefficient (Wildman–Crippen LogP) is 2.13. The van der Waals surface area contributed by atoms with E-state index in [0.29, 0.717) is 22.8 Å². The van der Waals surface area contributed by atoms with Crippen LogP contribution in [0.4, 0.5) is 0 Å². The normalized spacial score (nSPS) is 24.2. The van der Waals surface area contributed by atoms with E-state index < -0.39 is 24.1 Å². The summed E-state index contributed by atoms with van der Waals surface area (Å²) in [6.45, 7) is 0.776. The second kappa shape index (κ2) is 7.23. The first kappa shape index (κ1) is 16.8. The Morgan fingerprint density at radius 1 is 1.42 bits per heavy atom. The third-order valence-corrected chi connectivity index (χ3v) is 4.44. The van der Waals surface area contributed by atoms with Crippen LogP contribution in [-0.2, 0) is 23.8 Å². The van der Waals surface area contributed by atoms with Crippen LogP contribution < -0.4 is 5.32 Å². The lowest BCUT2D eigenvalue weighted by Gasteiger charge is -2.26. The fraction of sp³-hybridized carbons (Fsp3) is 0.412. The van der Waals surface area contributed by atoms with E-state index in [-0.39, 0.29) is 6.04 Å². The number of nitrogens with one attached hydrogen (secondary N) is 1. The van der Waals surface area contributed by atoms with Crippen molar-refractivity contribution < 1.29 is 23.8 Å². The molecule has 0 aliphatic carbocycles. The molecule has 0 radical (unpaired) electrons. The molecule has 1 aromatic rings. The van der Waals surface area contributed by atoms with Crippen LogP contribution in [0.5, 0.6) is 0 Å². The lowest BCUT2D eigenvalue weighted by Crippen LogP contribution is -2.36. The second-order valence-corrected chi connectivity index (χ2v) is 6.04. The van der Waals surface area contributed by atoms with Gasteiger partial charge in [0.1, 0.15) is 11.8 Å².